The van der Waals surface area contributed by atoms with Gasteiger partial charge in [0.25, 0.3) is 0 Å². The van der Waals surface area contributed by atoms with Crippen LogP contribution in [0.15, 0.2) is 30.3 Å². The number of hydrogen-bond acceptors (Lipinski definition) is 3. The van der Waals surface area contributed by atoms with Crippen LogP contribution in [0.3, 0.4) is 0 Å². The van der Waals surface area contributed by atoms with Crippen molar-refractivity contribution in [3.8, 4) is 0 Å². The van der Waals surface area contributed by atoms with Gasteiger partial charge in [-0.05, 0) is 30.7 Å². The highest BCUT2D eigenvalue weighted by Gasteiger charge is 2.31. The Balaban J connectivity index is 1.98. The van der Waals surface area contributed by atoms with Gasteiger partial charge < -0.3 is 16.0 Å². The molecule has 5 heteroatoms. The van der Waals surface area contributed by atoms with Crippen LogP contribution in [-0.2, 0) is 9.59 Å². The summed E-state index contributed by atoms with van der Waals surface area (Å²) in [4.78, 5) is 26.7. The average Bonchev–Trinajstić information content (AvgIpc) is 2.58. The minimum Gasteiger partial charge on any atom is -0.352 e. The molecule has 1 fully saturated rings. The molecular weight excluding hydrogens is 302 g/mol. The van der Waals surface area contributed by atoms with Crippen LogP contribution in [0.5, 0.6) is 0 Å². The molecule has 132 valence electrons. The van der Waals surface area contributed by atoms with Crippen LogP contribution in [0.1, 0.15) is 51.1 Å². The first-order valence-corrected chi connectivity index (χ1v) is 8.86. The number of nitrogens with two attached hydrogens (primary N) is 1. The molecule has 2 amide bonds. The second-order valence-electron chi connectivity index (χ2n) is 6.95. The van der Waals surface area contributed by atoms with E-state index < -0.39 is 0 Å². The first kappa shape index (κ1) is 18.5. The van der Waals surface area contributed by atoms with Crippen LogP contribution in [-0.4, -0.2) is 35.8 Å². The lowest BCUT2D eigenvalue weighted by Crippen LogP contribution is -2.52. The van der Waals surface area contributed by atoms with Crippen molar-refractivity contribution < 1.29 is 9.59 Å². The fourth-order valence-corrected chi connectivity index (χ4v) is 3.13. The van der Waals surface area contributed by atoms with Gasteiger partial charge >= 0.3 is 0 Å². The van der Waals surface area contributed by atoms with Gasteiger partial charge in [0, 0.05) is 25.6 Å². The lowest BCUT2D eigenvalue weighted by Gasteiger charge is -2.35. The van der Waals surface area contributed by atoms with Crippen LogP contribution < -0.4 is 11.1 Å². The van der Waals surface area contributed by atoms with E-state index in [1.165, 1.54) is 0 Å². The van der Waals surface area contributed by atoms with Gasteiger partial charge in [-0.15, -0.1) is 0 Å². The molecule has 24 heavy (non-hydrogen) atoms. The van der Waals surface area contributed by atoms with Crippen LogP contribution in [0.25, 0.3) is 0 Å². The van der Waals surface area contributed by atoms with Gasteiger partial charge in [-0.3, -0.25) is 9.59 Å². The van der Waals surface area contributed by atoms with E-state index in [1.54, 1.807) is 4.90 Å². The van der Waals surface area contributed by atoms with Crippen molar-refractivity contribution in [3.63, 3.8) is 0 Å². The molecule has 3 N–H and O–H groups in total. The lowest BCUT2D eigenvalue weighted by atomic mass is 9.98. The van der Waals surface area contributed by atoms with E-state index in [-0.39, 0.29) is 23.9 Å². The van der Waals surface area contributed by atoms with E-state index in [0.717, 1.165) is 18.4 Å². The highest BCUT2D eigenvalue weighted by atomic mass is 16.2. The molecule has 0 saturated carbocycles. The fourth-order valence-electron chi connectivity index (χ4n) is 3.13. The second kappa shape index (κ2) is 8.83. The van der Waals surface area contributed by atoms with E-state index in [0.29, 0.717) is 31.8 Å². The Kier molecular flexibility index (Phi) is 6.79. The number of benzene rings is 1. The molecular formula is C19H29N3O2. The predicted molar refractivity (Wildman–Crippen MR) is 95.2 cm³/mol. The molecule has 0 bridgehead atoms. The minimum atomic E-state index is -0.388. The normalized spacial score (nSPS) is 17.7. The standard InChI is InChI=1S/C19H29N3O2/c1-14(2)12-17(22-11-7-6-10-18(22)23)19(24)21-13-16(20)15-8-4-3-5-9-15/h3-5,8-9,14,16-17H,6-7,10-13,20H2,1-2H3,(H,21,24). The smallest absolute Gasteiger partial charge is 0.242 e. The maximum atomic E-state index is 12.7. The summed E-state index contributed by atoms with van der Waals surface area (Å²) in [7, 11) is 0. The molecule has 1 aromatic rings. The van der Waals surface area contributed by atoms with Crippen LogP contribution >= 0.6 is 0 Å². The molecule has 1 heterocycles. The van der Waals surface area contributed by atoms with Crippen molar-refractivity contribution in [1.29, 1.82) is 0 Å². The molecule has 0 aliphatic carbocycles. The van der Waals surface area contributed by atoms with Gasteiger partial charge in [0.1, 0.15) is 6.04 Å². The number of carbonyl (C=O) groups excluding carboxylic acids is 2. The van der Waals surface area contributed by atoms with Crippen LogP contribution in [0.4, 0.5) is 0 Å². The van der Waals surface area contributed by atoms with Gasteiger partial charge in [-0.1, -0.05) is 44.2 Å². The first-order valence-electron chi connectivity index (χ1n) is 8.86. The van der Waals surface area contributed by atoms with Crippen molar-refractivity contribution in [3.05, 3.63) is 35.9 Å². The number of amides is 2. The summed E-state index contributed by atoms with van der Waals surface area (Å²) in [6, 6.07) is 9.09. The molecule has 2 atom stereocenters. The summed E-state index contributed by atoms with van der Waals surface area (Å²) >= 11 is 0. The highest BCUT2D eigenvalue weighted by Crippen LogP contribution is 2.19. The molecule has 1 saturated heterocycles. The molecule has 2 rings (SSSR count). The highest BCUT2D eigenvalue weighted by molar-refractivity contribution is 5.88. The molecule has 0 aromatic heterocycles. The summed E-state index contributed by atoms with van der Waals surface area (Å²) in [5, 5.41) is 2.95. The number of nitrogens with one attached hydrogen (secondary N) is 1. The zero-order valence-corrected chi connectivity index (χ0v) is 14.7. The SMILES string of the molecule is CC(C)CC(C(=O)NCC(N)c1ccccc1)N1CCCCC1=O. The van der Waals surface area contributed by atoms with Crippen molar-refractivity contribution >= 4 is 11.8 Å². The topological polar surface area (TPSA) is 75.4 Å². The average molecular weight is 331 g/mol. The Labute approximate surface area is 144 Å². The van der Waals surface area contributed by atoms with Crippen molar-refractivity contribution in [2.24, 2.45) is 11.7 Å². The minimum absolute atomic E-state index is 0.0920. The fraction of sp³-hybridized carbons (Fsp3) is 0.579. The summed E-state index contributed by atoms with van der Waals surface area (Å²) in [5.41, 5.74) is 7.15. The van der Waals surface area contributed by atoms with E-state index in [4.69, 9.17) is 5.73 Å². The number of hydrogen-bond donors (Lipinski definition) is 2. The molecule has 0 radical (unpaired) electrons. The van der Waals surface area contributed by atoms with Crippen molar-refractivity contribution in [2.75, 3.05) is 13.1 Å². The van der Waals surface area contributed by atoms with Gasteiger partial charge in [0.05, 0.1) is 0 Å². The van der Waals surface area contributed by atoms with Crippen LogP contribution in [0.2, 0.25) is 0 Å². The summed E-state index contributed by atoms with van der Waals surface area (Å²) in [6.45, 7) is 5.20. The summed E-state index contributed by atoms with van der Waals surface area (Å²) in [5.74, 6) is 0.345. The number of nitrogens with zero attached hydrogens (tertiary/aromatic N) is 1. The number of carbonyl (C=O) groups is 2. The second-order valence-corrected chi connectivity index (χ2v) is 6.95. The van der Waals surface area contributed by atoms with Crippen molar-refractivity contribution in [2.45, 2.75) is 51.6 Å². The molecule has 1 aromatic carbocycles. The maximum Gasteiger partial charge on any atom is 0.242 e. The Morgan fingerprint density at radius 3 is 2.58 bits per heavy atom. The third kappa shape index (κ3) is 5.06. The first-order chi connectivity index (χ1) is 11.5. The molecule has 2 unspecified atom stereocenters. The molecule has 5 nitrogen and oxygen atoms in total. The number of rotatable bonds is 7. The van der Waals surface area contributed by atoms with Crippen LogP contribution in [0, 0.1) is 5.92 Å². The zero-order chi connectivity index (χ0) is 17.5. The van der Waals surface area contributed by atoms with Gasteiger partial charge in [0.2, 0.25) is 11.8 Å². The third-order valence-corrected chi connectivity index (χ3v) is 4.46. The van der Waals surface area contributed by atoms with Crippen molar-refractivity contribution in [1.82, 2.24) is 10.2 Å². The predicted octanol–water partition coefficient (Wildman–Crippen LogP) is 2.23. The molecule has 0 spiro atoms. The van der Waals surface area contributed by atoms with E-state index >= 15 is 0 Å². The van der Waals surface area contributed by atoms with E-state index in [9.17, 15) is 9.59 Å². The summed E-state index contributed by atoms with van der Waals surface area (Å²) in [6.07, 6.45) is 3.12. The quantitative estimate of drug-likeness (QED) is 0.804. The molecule has 1 aliphatic heterocycles. The number of piperidine rings is 1. The Morgan fingerprint density at radius 1 is 1.25 bits per heavy atom. The Hall–Kier alpha value is -1.88. The monoisotopic (exact) mass is 331 g/mol. The van der Waals surface area contributed by atoms with E-state index in [1.807, 2.05) is 30.3 Å². The largest absolute Gasteiger partial charge is 0.352 e. The van der Waals surface area contributed by atoms with E-state index in [2.05, 4.69) is 19.2 Å². The Bertz CT molecular complexity index is 545. The number of likely N-dealkylation sites (tertiary alicyclic amines) is 1. The zero-order valence-electron chi connectivity index (χ0n) is 14.7. The summed E-state index contributed by atoms with van der Waals surface area (Å²) < 4.78 is 0. The molecule has 1 aliphatic rings. The lowest BCUT2D eigenvalue weighted by molar-refractivity contribution is -0.143. The van der Waals surface area contributed by atoms with Gasteiger partial charge in [-0.25, -0.2) is 0 Å². The third-order valence-electron chi connectivity index (χ3n) is 4.46. The Morgan fingerprint density at radius 2 is 1.96 bits per heavy atom. The van der Waals surface area contributed by atoms with Gasteiger partial charge in [-0.2, -0.15) is 0 Å². The maximum absolute atomic E-state index is 12.7. The van der Waals surface area contributed by atoms with Gasteiger partial charge in [0.15, 0.2) is 0 Å².